The zero-order valence-electron chi connectivity index (χ0n) is 14.2. The molecule has 0 aliphatic rings. The molecule has 0 saturated heterocycles. The van der Waals surface area contributed by atoms with E-state index in [0.717, 1.165) is 42.3 Å². The van der Waals surface area contributed by atoms with Gasteiger partial charge in [-0.1, -0.05) is 44.4 Å². The lowest BCUT2D eigenvalue weighted by Gasteiger charge is -2.11. The predicted molar refractivity (Wildman–Crippen MR) is 96.4 cm³/mol. The zero-order chi connectivity index (χ0) is 16.3. The van der Waals surface area contributed by atoms with Crippen LogP contribution in [0.3, 0.4) is 0 Å². The molecule has 2 aromatic rings. The molecule has 3 nitrogen and oxygen atoms in total. The summed E-state index contributed by atoms with van der Waals surface area (Å²) in [4.78, 5) is 0. The molecule has 0 bridgehead atoms. The number of ether oxygens (including phenoxy) is 2. The Hall–Kier alpha value is -2.16. The van der Waals surface area contributed by atoms with Crippen molar-refractivity contribution in [3.05, 3.63) is 54.1 Å². The molecule has 0 radical (unpaired) electrons. The normalized spacial score (nSPS) is 10.3. The van der Waals surface area contributed by atoms with Crippen LogP contribution in [-0.2, 0) is 6.54 Å². The summed E-state index contributed by atoms with van der Waals surface area (Å²) >= 11 is 0. The Labute approximate surface area is 139 Å². The number of hydrogen-bond donors (Lipinski definition) is 1. The van der Waals surface area contributed by atoms with Crippen LogP contribution in [0.25, 0.3) is 0 Å². The van der Waals surface area contributed by atoms with E-state index in [1.54, 1.807) is 7.11 Å². The van der Waals surface area contributed by atoms with Gasteiger partial charge in [-0.05, 0) is 36.8 Å². The highest BCUT2D eigenvalue weighted by Gasteiger charge is 2.01. The van der Waals surface area contributed by atoms with Crippen LogP contribution in [0.5, 0.6) is 11.5 Å². The molecule has 0 heterocycles. The summed E-state index contributed by atoms with van der Waals surface area (Å²) in [6.45, 7) is 3.76. The van der Waals surface area contributed by atoms with Gasteiger partial charge in [0.15, 0.2) is 0 Å². The molecule has 0 aliphatic heterocycles. The highest BCUT2D eigenvalue weighted by molar-refractivity contribution is 5.47. The molecule has 1 N–H and O–H groups in total. The first-order valence-electron chi connectivity index (χ1n) is 8.42. The van der Waals surface area contributed by atoms with Crippen LogP contribution >= 0.6 is 0 Å². The molecule has 0 saturated carbocycles. The molecule has 0 fully saturated rings. The maximum absolute atomic E-state index is 5.76. The Morgan fingerprint density at radius 2 is 1.70 bits per heavy atom. The van der Waals surface area contributed by atoms with Gasteiger partial charge in [0, 0.05) is 17.8 Å². The fraction of sp³-hybridized carbons (Fsp3) is 0.400. The van der Waals surface area contributed by atoms with Crippen LogP contribution in [0.4, 0.5) is 5.69 Å². The Bertz CT molecular complexity index is 566. The third-order valence-electron chi connectivity index (χ3n) is 3.80. The fourth-order valence-corrected chi connectivity index (χ4v) is 2.43. The van der Waals surface area contributed by atoms with Crippen molar-refractivity contribution in [1.29, 1.82) is 0 Å². The third kappa shape index (κ3) is 5.85. The van der Waals surface area contributed by atoms with Gasteiger partial charge in [0.1, 0.15) is 11.5 Å². The number of nitrogens with one attached hydrogen (secondary N) is 1. The van der Waals surface area contributed by atoms with Crippen LogP contribution < -0.4 is 14.8 Å². The first-order valence-corrected chi connectivity index (χ1v) is 8.42. The minimum absolute atomic E-state index is 0.737. The molecule has 2 rings (SSSR count). The maximum Gasteiger partial charge on any atom is 0.123 e. The number of unbranched alkanes of at least 4 members (excludes halogenated alkanes) is 3. The van der Waals surface area contributed by atoms with Crippen LogP contribution in [0.15, 0.2) is 48.5 Å². The van der Waals surface area contributed by atoms with Gasteiger partial charge < -0.3 is 14.8 Å². The van der Waals surface area contributed by atoms with E-state index in [9.17, 15) is 0 Å². The monoisotopic (exact) mass is 313 g/mol. The summed E-state index contributed by atoms with van der Waals surface area (Å²) in [6.07, 6.45) is 4.92. The SMILES string of the molecule is CCCCCCOc1ccc(NCc2ccccc2OC)cc1. The lowest BCUT2D eigenvalue weighted by molar-refractivity contribution is 0.305. The Kier molecular flexibility index (Phi) is 7.31. The van der Waals surface area contributed by atoms with Gasteiger partial charge >= 0.3 is 0 Å². The maximum atomic E-state index is 5.76. The zero-order valence-corrected chi connectivity index (χ0v) is 14.2. The molecular formula is C20H27NO2. The Morgan fingerprint density at radius 3 is 2.43 bits per heavy atom. The third-order valence-corrected chi connectivity index (χ3v) is 3.80. The summed E-state index contributed by atoms with van der Waals surface area (Å²) in [5, 5.41) is 3.41. The van der Waals surface area contributed by atoms with Crippen LogP contribution in [0.2, 0.25) is 0 Å². The van der Waals surface area contributed by atoms with E-state index in [2.05, 4.69) is 30.4 Å². The minimum Gasteiger partial charge on any atom is -0.496 e. The summed E-state index contributed by atoms with van der Waals surface area (Å²) in [7, 11) is 1.70. The topological polar surface area (TPSA) is 30.5 Å². The summed E-state index contributed by atoms with van der Waals surface area (Å²) < 4.78 is 11.1. The molecule has 0 atom stereocenters. The van der Waals surface area contributed by atoms with E-state index < -0.39 is 0 Å². The van der Waals surface area contributed by atoms with E-state index in [4.69, 9.17) is 9.47 Å². The van der Waals surface area contributed by atoms with E-state index in [1.165, 1.54) is 19.3 Å². The second-order valence-electron chi connectivity index (χ2n) is 5.60. The Morgan fingerprint density at radius 1 is 0.913 bits per heavy atom. The standard InChI is InChI=1S/C20H27NO2/c1-3-4-5-8-15-23-19-13-11-18(12-14-19)21-16-17-9-6-7-10-20(17)22-2/h6-7,9-14,21H,3-5,8,15-16H2,1-2H3. The molecule has 2 aromatic carbocycles. The smallest absolute Gasteiger partial charge is 0.123 e. The number of anilines is 1. The highest BCUT2D eigenvalue weighted by Crippen LogP contribution is 2.20. The minimum atomic E-state index is 0.737. The van der Waals surface area contributed by atoms with Crippen molar-refractivity contribution in [3.63, 3.8) is 0 Å². The molecule has 23 heavy (non-hydrogen) atoms. The van der Waals surface area contributed by atoms with Gasteiger partial charge in [0.25, 0.3) is 0 Å². The van der Waals surface area contributed by atoms with E-state index in [1.807, 2.05) is 30.3 Å². The first-order chi connectivity index (χ1) is 11.3. The van der Waals surface area contributed by atoms with Gasteiger partial charge in [-0.25, -0.2) is 0 Å². The van der Waals surface area contributed by atoms with Crippen LogP contribution in [0, 0.1) is 0 Å². The Balaban J connectivity index is 1.78. The predicted octanol–water partition coefficient (Wildman–Crippen LogP) is 5.27. The van der Waals surface area contributed by atoms with Gasteiger partial charge in [0.2, 0.25) is 0 Å². The van der Waals surface area contributed by atoms with Crippen molar-refractivity contribution >= 4 is 5.69 Å². The summed E-state index contributed by atoms with van der Waals surface area (Å²) in [5.74, 6) is 1.84. The van der Waals surface area contributed by atoms with Gasteiger partial charge in [-0.3, -0.25) is 0 Å². The molecule has 0 spiro atoms. The van der Waals surface area contributed by atoms with Gasteiger partial charge in [-0.15, -0.1) is 0 Å². The number of benzene rings is 2. The summed E-state index contributed by atoms with van der Waals surface area (Å²) in [6, 6.07) is 16.2. The van der Waals surface area contributed by atoms with Crippen molar-refractivity contribution in [2.45, 2.75) is 39.2 Å². The van der Waals surface area contributed by atoms with E-state index >= 15 is 0 Å². The largest absolute Gasteiger partial charge is 0.496 e. The molecule has 0 amide bonds. The van der Waals surface area contributed by atoms with E-state index in [-0.39, 0.29) is 0 Å². The average molecular weight is 313 g/mol. The molecular weight excluding hydrogens is 286 g/mol. The molecule has 124 valence electrons. The number of rotatable bonds is 10. The second kappa shape index (κ2) is 9.78. The first kappa shape index (κ1) is 17.2. The average Bonchev–Trinajstić information content (AvgIpc) is 2.61. The molecule has 0 aliphatic carbocycles. The number of para-hydroxylation sites is 1. The van der Waals surface area contributed by atoms with Crippen molar-refractivity contribution in [2.24, 2.45) is 0 Å². The highest BCUT2D eigenvalue weighted by atomic mass is 16.5. The molecule has 0 unspecified atom stereocenters. The van der Waals surface area contributed by atoms with Gasteiger partial charge in [-0.2, -0.15) is 0 Å². The lowest BCUT2D eigenvalue weighted by atomic mass is 10.2. The van der Waals surface area contributed by atoms with Crippen molar-refractivity contribution in [1.82, 2.24) is 0 Å². The van der Waals surface area contributed by atoms with Crippen LogP contribution in [-0.4, -0.2) is 13.7 Å². The quantitative estimate of drug-likeness (QED) is 0.606. The van der Waals surface area contributed by atoms with Crippen molar-refractivity contribution < 1.29 is 9.47 Å². The molecule has 3 heteroatoms. The number of hydrogen-bond acceptors (Lipinski definition) is 3. The van der Waals surface area contributed by atoms with Crippen molar-refractivity contribution in [3.8, 4) is 11.5 Å². The fourth-order valence-electron chi connectivity index (χ4n) is 2.43. The molecule has 0 aromatic heterocycles. The lowest BCUT2D eigenvalue weighted by Crippen LogP contribution is -2.02. The number of methoxy groups -OCH3 is 1. The second-order valence-corrected chi connectivity index (χ2v) is 5.60. The summed E-state index contributed by atoms with van der Waals surface area (Å²) in [5.41, 5.74) is 2.22. The van der Waals surface area contributed by atoms with E-state index in [0.29, 0.717) is 0 Å². The van der Waals surface area contributed by atoms with Crippen molar-refractivity contribution in [2.75, 3.05) is 19.0 Å². The van der Waals surface area contributed by atoms with Crippen LogP contribution in [0.1, 0.15) is 38.2 Å². The van der Waals surface area contributed by atoms with Gasteiger partial charge in [0.05, 0.1) is 13.7 Å².